The molecule has 0 fully saturated rings. The van der Waals surface area contributed by atoms with Crippen LogP contribution in [0.5, 0.6) is 11.5 Å². The molecule has 7 heteroatoms. The average Bonchev–Trinajstić information content (AvgIpc) is 2.97. The summed E-state index contributed by atoms with van der Waals surface area (Å²) in [6.07, 6.45) is 0. The van der Waals surface area contributed by atoms with Crippen LogP contribution in [0.25, 0.3) is 5.69 Å². The van der Waals surface area contributed by atoms with Crippen molar-refractivity contribution in [2.45, 2.75) is 13.8 Å². The van der Waals surface area contributed by atoms with Gasteiger partial charge < -0.3 is 19.4 Å². The van der Waals surface area contributed by atoms with Crippen molar-refractivity contribution >= 4 is 23.2 Å². The van der Waals surface area contributed by atoms with Gasteiger partial charge in [-0.1, -0.05) is 23.7 Å². The summed E-state index contributed by atoms with van der Waals surface area (Å²) >= 11 is 6.17. The topological polar surface area (TPSA) is 52.5 Å². The molecule has 28 heavy (non-hydrogen) atoms. The lowest BCUT2D eigenvalue weighted by molar-refractivity contribution is 0.102. The van der Waals surface area contributed by atoms with Crippen LogP contribution in [0.2, 0.25) is 5.02 Å². The van der Waals surface area contributed by atoms with Crippen LogP contribution < -0.4 is 14.8 Å². The average molecular weight is 403 g/mol. The highest BCUT2D eigenvalue weighted by Crippen LogP contribution is 2.36. The lowest BCUT2D eigenvalue weighted by Gasteiger charge is -2.13. The van der Waals surface area contributed by atoms with Crippen molar-refractivity contribution in [1.82, 2.24) is 4.57 Å². The Kier molecular flexibility index (Phi) is 5.61. The van der Waals surface area contributed by atoms with Crippen LogP contribution in [-0.4, -0.2) is 24.7 Å². The second-order valence-electron chi connectivity index (χ2n) is 6.21. The van der Waals surface area contributed by atoms with E-state index in [4.69, 9.17) is 21.1 Å². The number of hydrogen-bond donors (Lipinski definition) is 1. The molecule has 0 aliphatic rings. The van der Waals surface area contributed by atoms with Crippen molar-refractivity contribution in [1.29, 1.82) is 0 Å². The molecule has 1 aromatic heterocycles. The van der Waals surface area contributed by atoms with Crippen LogP contribution in [0.4, 0.5) is 10.1 Å². The SMILES string of the molecule is COc1cc(OC)c(NC(=O)c2cc(C)n(-c3ccccc3F)c2C)cc1Cl. The Morgan fingerprint density at radius 1 is 1.07 bits per heavy atom. The maximum atomic E-state index is 14.2. The highest BCUT2D eigenvalue weighted by molar-refractivity contribution is 6.32. The summed E-state index contributed by atoms with van der Waals surface area (Å²) < 4.78 is 26.4. The minimum atomic E-state index is -0.361. The fourth-order valence-corrected chi connectivity index (χ4v) is 3.38. The lowest BCUT2D eigenvalue weighted by atomic mass is 10.2. The van der Waals surface area contributed by atoms with Crippen molar-refractivity contribution in [3.63, 3.8) is 0 Å². The number of nitrogens with zero attached hydrogens (tertiary/aromatic N) is 1. The van der Waals surface area contributed by atoms with Crippen LogP contribution in [0, 0.1) is 19.7 Å². The molecule has 0 radical (unpaired) electrons. The van der Waals surface area contributed by atoms with Gasteiger partial charge in [0.2, 0.25) is 0 Å². The van der Waals surface area contributed by atoms with E-state index in [1.807, 2.05) is 6.92 Å². The van der Waals surface area contributed by atoms with E-state index in [-0.39, 0.29) is 11.7 Å². The minimum Gasteiger partial charge on any atom is -0.495 e. The van der Waals surface area contributed by atoms with Crippen molar-refractivity contribution in [3.8, 4) is 17.2 Å². The van der Waals surface area contributed by atoms with Crippen molar-refractivity contribution in [3.05, 3.63) is 70.3 Å². The Hall–Kier alpha value is -2.99. The van der Waals surface area contributed by atoms with E-state index in [1.165, 1.54) is 20.3 Å². The Balaban J connectivity index is 1.98. The summed E-state index contributed by atoms with van der Waals surface area (Å²) in [7, 11) is 2.98. The summed E-state index contributed by atoms with van der Waals surface area (Å²) in [6.45, 7) is 3.59. The van der Waals surface area contributed by atoms with Gasteiger partial charge >= 0.3 is 0 Å². The molecular weight excluding hydrogens is 383 g/mol. The van der Waals surface area contributed by atoms with Gasteiger partial charge in [0.15, 0.2) is 0 Å². The number of hydrogen-bond acceptors (Lipinski definition) is 3. The first-order valence-corrected chi connectivity index (χ1v) is 8.92. The molecule has 0 aliphatic heterocycles. The number of methoxy groups -OCH3 is 2. The van der Waals surface area contributed by atoms with Crippen molar-refractivity contribution in [2.24, 2.45) is 0 Å². The number of amides is 1. The number of benzene rings is 2. The molecule has 0 atom stereocenters. The van der Waals surface area contributed by atoms with Gasteiger partial charge in [-0.25, -0.2) is 4.39 Å². The molecule has 0 saturated carbocycles. The highest BCUT2D eigenvalue weighted by Gasteiger charge is 2.20. The first-order chi connectivity index (χ1) is 13.4. The van der Waals surface area contributed by atoms with Gasteiger partial charge in [-0.2, -0.15) is 0 Å². The Bertz CT molecular complexity index is 1050. The monoisotopic (exact) mass is 402 g/mol. The third-order valence-electron chi connectivity index (χ3n) is 4.49. The second-order valence-corrected chi connectivity index (χ2v) is 6.62. The first kappa shape index (κ1) is 19.8. The van der Waals surface area contributed by atoms with Crippen LogP contribution in [-0.2, 0) is 0 Å². The molecule has 1 heterocycles. The summed E-state index contributed by atoms with van der Waals surface area (Å²) in [4.78, 5) is 12.9. The van der Waals surface area contributed by atoms with E-state index in [0.717, 1.165) is 5.69 Å². The lowest BCUT2D eigenvalue weighted by Crippen LogP contribution is -2.14. The summed E-state index contributed by atoms with van der Waals surface area (Å²) in [6, 6.07) is 11.3. The van der Waals surface area contributed by atoms with Gasteiger partial charge in [-0.15, -0.1) is 0 Å². The molecule has 0 unspecified atom stereocenters. The second kappa shape index (κ2) is 7.94. The van der Waals surface area contributed by atoms with Crippen LogP contribution in [0.1, 0.15) is 21.7 Å². The molecular formula is C21H20ClFN2O3. The van der Waals surface area contributed by atoms with Crippen LogP contribution in [0.3, 0.4) is 0 Å². The Morgan fingerprint density at radius 3 is 2.39 bits per heavy atom. The molecule has 0 saturated heterocycles. The van der Waals surface area contributed by atoms with Gasteiger partial charge in [0.05, 0.1) is 36.2 Å². The smallest absolute Gasteiger partial charge is 0.257 e. The number of nitrogens with one attached hydrogen (secondary N) is 1. The van der Waals surface area contributed by atoms with Crippen LogP contribution >= 0.6 is 11.6 Å². The maximum Gasteiger partial charge on any atom is 0.257 e. The first-order valence-electron chi connectivity index (χ1n) is 8.54. The molecule has 3 rings (SSSR count). The zero-order valence-corrected chi connectivity index (χ0v) is 16.7. The van der Waals surface area contributed by atoms with Crippen molar-refractivity contribution < 1.29 is 18.7 Å². The zero-order chi connectivity index (χ0) is 20.4. The van der Waals surface area contributed by atoms with Gasteiger partial charge in [0.25, 0.3) is 5.91 Å². The largest absolute Gasteiger partial charge is 0.495 e. The van der Waals surface area contributed by atoms with E-state index in [9.17, 15) is 9.18 Å². The standard InChI is InChI=1S/C21H20ClFN2O3/c1-12-9-14(13(2)25(12)18-8-6-5-7-16(18)23)21(26)24-17-10-15(22)19(27-3)11-20(17)28-4/h5-11H,1-4H3,(H,24,26). The number of aryl methyl sites for hydroxylation is 1. The number of rotatable bonds is 5. The Labute approximate surface area is 167 Å². The predicted octanol–water partition coefficient (Wildman–Crippen LogP) is 5.16. The van der Waals surface area contributed by atoms with Gasteiger partial charge in [-0.3, -0.25) is 4.79 Å². The summed E-state index contributed by atoms with van der Waals surface area (Å²) in [5, 5.41) is 3.15. The summed E-state index contributed by atoms with van der Waals surface area (Å²) in [5.74, 6) is 0.141. The normalized spacial score (nSPS) is 10.6. The number of ether oxygens (including phenoxy) is 2. The van der Waals surface area contributed by atoms with E-state index < -0.39 is 0 Å². The van der Waals surface area contributed by atoms with E-state index >= 15 is 0 Å². The number of carbonyl (C=O) groups excluding carboxylic acids is 1. The molecule has 0 spiro atoms. The number of anilines is 1. The fraction of sp³-hybridized carbons (Fsp3) is 0.190. The number of halogens is 2. The summed E-state index contributed by atoms with van der Waals surface area (Å²) in [5.41, 5.74) is 2.59. The van der Waals surface area contributed by atoms with E-state index in [1.54, 1.807) is 47.9 Å². The maximum absolute atomic E-state index is 14.2. The van der Waals surface area contributed by atoms with Gasteiger partial charge in [0.1, 0.15) is 17.3 Å². The van der Waals surface area contributed by atoms with E-state index in [2.05, 4.69) is 5.32 Å². The molecule has 0 aliphatic carbocycles. The van der Waals surface area contributed by atoms with Crippen LogP contribution in [0.15, 0.2) is 42.5 Å². The highest BCUT2D eigenvalue weighted by atomic mass is 35.5. The minimum absolute atomic E-state index is 0.343. The zero-order valence-electron chi connectivity index (χ0n) is 16.0. The molecule has 3 aromatic rings. The third kappa shape index (κ3) is 3.55. The predicted molar refractivity (Wildman–Crippen MR) is 108 cm³/mol. The number of carbonyl (C=O) groups is 1. The third-order valence-corrected chi connectivity index (χ3v) is 4.79. The number of para-hydroxylation sites is 1. The van der Waals surface area contributed by atoms with Gasteiger partial charge in [0, 0.05) is 17.5 Å². The molecule has 2 aromatic carbocycles. The van der Waals surface area contributed by atoms with E-state index in [0.29, 0.717) is 39.2 Å². The molecule has 5 nitrogen and oxygen atoms in total. The molecule has 0 bridgehead atoms. The molecule has 1 amide bonds. The quantitative estimate of drug-likeness (QED) is 0.641. The fourth-order valence-electron chi connectivity index (χ4n) is 3.14. The number of aromatic nitrogens is 1. The molecule has 1 N–H and O–H groups in total. The van der Waals surface area contributed by atoms with Gasteiger partial charge in [-0.05, 0) is 38.1 Å². The molecule has 146 valence electrons. The van der Waals surface area contributed by atoms with Crippen molar-refractivity contribution in [2.75, 3.05) is 19.5 Å². The Morgan fingerprint density at radius 2 is 1.75 bits per heavy atom.